The maximum atomic E-state index is 12.2. The molecule has 0 radical (unpaired) electrons. The van der Waals surface area contributed by atoms with Crippen molar-refractivity contribution in [3.8, 4) is 0 Å². The quantitative estimate of drug-likeness (QED) is 0.717. The van der Waals surface area contributed by atoms with E-state index >= 15 is 0 Å². The Hall–Kier alpha value is -0.970. The number of rotatable bonds is 8. The van der Waals surface area contributed by atoms with Crippen LogP contribution < -0.4 is 5.32 Å². The molecule has 7 heteroatoms. The van der Waals surface area contributed by atoms with Crippen LogP contribution in [0.1, 0.15) is 56.8 Å². The molecule has 0 saturated heterocycles. The lowest BCUT2D eigenvalue weighted by molar-refractivity contribution is 0.0837. The molecule has 21 heavy (non-hydrogen) atoms. The Balaban J connectivity index is 2.86. The van der Waals surface area contributed by atoms with Crippen LogP contribution in [-0.2, 0) is 6.61 Å². The summed E-state index contributed by atoms with van der Waals surface area (Å²) < 4.78 is 7.04. The number of nitrogens with one attached hydrogen (secondary N) is 1. The van der Waals surface area contributed by atoms with Crippen molar-refractivity contribution in [1.29, 1.82) is 0 Å². The minimum Gasteiger partial charge on any atom is -0.388 e. The van der Waals surface area contributed by atoms with E-state index in [1.165, 1.54) is 6.07 Å². The van der Waals surface area contributed by atoms with Gasteiger partial charge in [0.1, 0.15) is 6.61 Å². The van der Waals surface area contributed by atoms with Gasteiger partial charge in [-0.2, -0.15) is 0 Å². The molecule has 0 aliphatic carbocycles. The Labute approximate surface area is 128 Å². The molecule has 1 rings (SSSR count). The van der Waals surface area contributed by atoms with Gasteiger partial charge in [0.05, 0.1) is 0 Å². The number of hydrogen-bond acceptors (Lipinski definition) is 5. The van der Waals surface area contributed by atoms with Crippen molar-refractivity contribution in [2.24, 2.45) is 0 Å². The molecule has 1 aromatic heterocycles. The van der Waals surface area contributed by atoms with Gasteiger partial charge in [-0.05, 0) is 26.3 Å². The molecule has 0 saturated carbocycles. The largest absolute Gasteiger partial charge is 0.388 e. The van der Waals surface area contributed by atoms with Crippen molar-refractivity contribution in [2.45, 2.75) is 58.7 Å². The van der Waals surface area contributed by atoms with Gasteiger partial charge in [-0.3, -0.25) is 9.46 Å². The summed E-state index contributed by atoms with van der Waals surface area (Å²) in [5.41, 5.74) is 0.0670. The van der Waals surface area contributed by atoms with E-state index in [0.717, 1.165) is 19.4 Å². The van der Waals surface area contributed by atoms with Crippen LogP contribution in [0.3, 0.4) is 0 Å². The number of likely N-dealkylation sites (N-methyl/N-ethyl adjacent to an activating group) is 1. The van der Waals surface area contributed by atoms with E-state index in [0.29, 0.717) is 0 Å². The lowest BCUT2D eigenvalue weighted by Crippen LogP contribution is -2.57. The van der Waals surface area contributed by atoms with Gasteiger partial charge in [-0.15, -0.1) is 0 Å². The Bertz CT molecular complexity index is 460. The molecule has 2 atom stereocenters. The second-order valence-electron chi connectivity index (χ2n) is 5.13. The highest BCUT2D eigenvalue weighted by Crippen LogP contribution is 2.31. The number of nitrogens with zero attached hydrogens (tertiary/aromatic N) is 2. The van der Waals surface area contributed by atoms with Crippen molar-refractivity contribution < 1.29 is 14.4 Å². The van der Waals surface area contributed by atoms with E-state index in [9.17, 15) is 4.79 Å². The van der Waals surface area contributed by atoms with Crippen LogP contribution in [0.5, 0.6) is 0 Å². The average Bonchev–Trinajstić information content (AvgIpc) is 2.97. The number of aliphatic hydroxyl groups is 1. The van der Waals surface area contributed by atoms with E-state index in [4.69, 9.17) is 9.63 Å². The predicted molar refractivity (Wildman–Crippen MR) is 84.8 cm³/mol. The maximum Gasteiger partial charge on any atom is 0.273 e. The van der Waals surface area contributed by atoms with Crippen molar-refractivity contribution in [3.05, 3.63) is 17.5 Å². The molecule has 0 spiro atoms. The summed E-state index contributed by atoms with van der Waals surface area (Å²) in [7, 11) is 2.75. The molecule has 2 N–H and O–H groups in total. The predicted octanol–water partition coefficient (Wildman–Crippen LogP) is 1.96. The first kappa shape index (κ1) is 18.1. The molecule has 0 bridgehead atoms. The first-order valence-corrected chi connectivity index (χ1v) is 7.86. The fourth-order valence-electron chi connectivity index (χ4n) is 2.73. The van der Waals surface area contributed by atoms with Crippen molar-refractivity contribution in [1.82, 2.24) is 15.1 Å². The molecule has 6 nitrogen and oxygen atoms in total. The van der Waals surface area contributed by atoms with Gasteiger partial charge >= 0.3 is 0 Å². The van der Waals surface area contributed by atoms with Crippen molar-refractivity contribution >= 4 is 15.3 Å². The van der Waals surface area contributed by atoms with Crippen LogP contribution in [-0.4, -0.2) is 39.0 Å². The average molecular weight is 315 g/mol. The second kappa shape index (κ2) is 7.87. The van der Waals surface area contributed by atoms with Crippen molar-refractivity contribution in [3.63, 3.8) is 0 Å². The smallest absolute Gasteiger partial charge is 0.273 e. The van der Waals surface area contributed by atoms with Gasteiger partial charge in [-0.1, -0.05) is 35.3 Å². The normalized spacial score (nSPS) is 13.5. The number of carbonyl (C=O) groups is 1. The van der Waals surface area contributed by atoms with Gasteiger partial charge in [0.15, 0.2) is 11.5 Å². The molecule has 1 heterocycles. The summed E-state index contributed by atoms with van der Waals surface area (Å²) in [6.45, 7) is 8.96. The van der Waals surface area contributed by atoms with Crippen LogP contribution in [0.25, 0.3) is 0 Å². The summed E-state index contributed by atoms with van der Waals surface area (Å²) in [5.74, 6) is -0.00184. The van der Waals surface area contributed by atoms with Crippen LogP contribution in [0, 0.1) is 0 Å². The first-order valence-electron chi connectivity index (χ1n) is 7.34. The number of hydrogen-bond donors (Lipinski definition) is 2. The molecule has 1 amide bonds. The van der Waals surface area contributed by atoms with Crippen molar-refractivity contribution in [2.75, 3.05) is 6.54 Å². The zero-order valence-corrected chi connectivity index (χ0v) is 14.4. The van der Waals surface area contributed by atoms with E-state index < -0.39 is 0 Å². The summed E-state index contributed by atoms with van der Waals surface area (Å²) in [4.78, 5) is 12.2. The minimum absolute atomic E-state index is 0.0493. The van der Waals surface area contributed by atoms with E-state index in [1.807, 2.05) is 6.92 Å². The van der Waals surface area contributed by atoms with Gasteiger partial charge in [0, 0.05) is 17.6 Å². The molecular weight excluding hydrogens is 289 g/mol. The Morgan fingerprint density at radius 1 is 1.52 bits per heavy atom. The fraction of sp³-hybridized carbons (Fsp3) is 0.714. The highest BCUT2D eigenvalue weighted by Gasteiger charge is 2.37. The van der Waals surface area contributed by atoms with E-state index in [2.05, 4.69) is 45.3 Å². The summed E-state index contributed by atoms with van der Waals surface area (Å²) in [6.07, 6.45) is 1.84. The summed E-state index contributed by atoms with van der Waals surface area (Å²) in [5, 5.41) is 15.6. The molecule has 0 aliphatic heterocycles. The van der Waals surface area contributed by atoms with E-state index in [-0.39, 0.29) is 35.5 Å². The molecule has 1 aromatic rings. The third-order valence-electron chi connectivity index (χ3n) is 4.24. The molecule has 2 unspecified atom stereocenters. The third-order valence-corrected chi connectivity index (χ3v) is 5.12. The zero-order chi connectivity index (χ0) is 16.0. The molecule has 120 valence electrons. The third kappa shape index (κ3) is 3.82. The lowest BCUT2D eigenvalue weighted by Gasteiger charge is -2.45. The molecule has 0 aliphatic rings. The zero-order valence-electron chi connectivity index (χ0n) is 13.2. The Morgan fingerprint density at radius 3 is 2.57 bits per heavy atom. The van der Waals surface area contributed by atoms with Crippen LogP contribution in [0.4, 0.5) is 0 Å². The monoisotopic (exact) mass is 315 g/mol. The summed E-state index contributed by atoms with van der Waals surface area (Å²) >= 11 is 0. The first-order chi connectivity index (χ1) is 9.94. The van der Waals surface area contributed by atoms with Crippen LogP contribution in [0.2, 0.25) is 0 Å². The highest BCUT2D eigenvalue weighted by atomic mass is 31.0. The topological polar surface area (TPSA) is 78.6 Å². The Morgan fingerprint density at radius 2 is 2.14 bits per heavy atom. The highest BCUT2D eigenvalue weighted by molar-refractivity contribution is 7.13. The lowest BCUT2D eigenvalue weighted by atomic mass is 9.85. The van der Waals surface area contributed by atoms with Gasteiger partial charge in [0.2, 0.25) is 0 Å². The standard InChI is InChI=1S/C14H26N3O3P/c1-5-14(6-2,17(21)7-3)10(4)15-13(19)12-8-11(9-18)20-16-12/h8,10,18H,5-7,9,21H2,1-4H3,(H,15,19). The Kier molecular flexibility index (Phi) is 6.78. The number of aliphatic hydroxyl groups excluding tert-OH is 1. The number of aromatic nitrogens is 1. The fourth-order valence-corrected chi connectivity index (χ4v) is 3.32. The maximum absolute atomic E-state index is 12.2. The molecule has 0 aromatic carbocycles. The molecule has 0 fully saturated rings. The van der Waals surface area contributed by atoms with Gasteiger partial charge < -0.3 is 14.9 Å². The summed E-state index contributed by atoms with van der Waals surface area (Å²) in [6, 6.07) is 1.41. The van der Waals surface area contributed by atoms with E-state index in [1.54, 1.807) is 0 Å². The van der Waals surface area contributed by atoms with Gasteiger partial charge in [0.25, 0.3) is 5.91 Å². The SMILES string of the molecule is CCN(P)C(CC)(CC)C(C)NC(=O)c1cc(CO)on1. The van der Waals surface area contributed by atoms with Gasteiger partial charge in [-0.25, -0.2) is 0 Å². The molecular formula is C14H26N3O3P. The number of carbonyl (C=O) groups excluding carboxylic acids is 1. The van der Waals surface area contributed by atoms with Crippen LogP contribution in [0.15, 0.2) is 10.6 Å². The number of amides is 1. The van der Waals surface area contributed by atoms with Crippen LogP contribution >= 0.6 is 9.39 Å². The minimum atomic E-state index is -0.285. The second-order valence-corrected chi connectivity index (χ2v) is 5.75.